The Bertz CT molecular complexity index is 779. The van der Waals surface area contributed by atoms with Crippen LogP contribution < -0.4 is 10.6 Å². The van der Waals surface area contributed by atoms with Gasteiger partial charge in [0.15, 0.2) is 5.69 Å². The molecule has 1 saturated carbocycles. The van der Waals surface area contributed by atoms with Crippen LogP contribution in [0.15, 0.2) is 24.3 Å². The van der Waals surface area contributed by atoms with Crippen LogP contribution in [0.3, 0.4) is 0 Å². The van der Waals surface area contributed by atoms with Gasteiger partial charge in [0.2, 0.25) is 5.95 Å². The first kappa shape index (κ1) is 19.5. The first-order valence-electron chi connectivity index (χ1n) is 8.26. The monoisotopic (exact) mass is 496 g/mol. The molecule has 0 atom stereocenters. The maximum absolute atomic E-state index is 13.2. The Morgan fingerprint density at radius 2 is 1.81 bits per heavy atom. The van der Waals surface area contributed by atoms with Crippen LogP contribution >= 0.6 is 34.2 Å². The van der Waals surface area contributed by atoms with Gasteiger partial charge in [0, 0.05) is 15.7 Å². The van der Waals surface area contributed by atoms with Crippen molar-refractivity contribution in [1.29, 1.82) is 0 Å². The summed E-state index contributed by atoms with van der Waals surface area (Å²) in [7, 11) is 0. The van der Waals surface area contributed by atoms with E-state index in [1.165, 1.54) is 0 Å². The lowest BCUT2D eigenvalue weighted by Gasteiger charge is -2.23. The third-order valence-corrected chi connectivity index (χ3v) is 5.13. The molecular formula is C17H17ClF3IN4. The summed E-state index contributed by atoms with van der Waals surface area (Å²) in [4.78, 5) is 7.86. The highest BCUT2D eigenvalue weighted by Gasteiger charge is 2.34. The van der Waals surface area contributed by atoms with Gasteiger partial charge in [0.25, 0.3) is 0 Å². The topological polar surface area (TPSA) is 49.8 Å². The van der Waals surface area contributed by atoms with Gasteiger partial charge in [-0.25, -0.2) is 4.98 Å². The standard InChI is InChI=1S/C17H17ClF3IN4/c18-12-8-10(22)6-7-13(12)24-15-9-14(17(19,20)21)25-16(26-15)23-11-4-2-1-3-5-11/h6-9,11H,1-5H2,(H2,23,24,25,26). The average molecular weight is 497 g/mol. The van der Waals surface area contributed by atoms with Gasteiger partial charge >= 0.3 is 6.18 Å². The molecule has 4 nitrogen and oxygen atoms in total. The minimum absolute atomic E-state index is 0.0177. The molecular weight excluding hydrogens is 480 g/mol. The van der Waals surface area contributed by atoms with Crippen molar-refractivity contribution in [2.45, 2.75) is 44.3 Å². The second-order valence-corrected chi connectivity index (χ2v) is 7.84. The van der Waals surface area contributed by atoms with Gasteiger partial charge < -0.3 is 10.6 Å². The molecule has 0 aliphatic heterocycles. The minimum atomic E-state index is -4.56. The van der Waals surface area contributed by atoms with Crippen LogP contribution in [0, 0.1) is 3.57 Å². The van der Waals surface area contributed by atoms with Gasteiger partial charge in [0.05, 0.1) is 10.7 Å². The Morgan fingerprint density at radius 1 is 1.08 bits per heavy atom. The van der Waals surface area contributed by atoms with Gasteiger partial charge in [-0.1, -0.05) is 30.9 Å². The Balaban J connectivity index is 1.89. The highest BCUT2D eigenvalue weighted by atomic mass is 127. The normalized spacial score (nSPS) is 15.7. The molecule has 1 aliphatic carbocycles. The van der Waals surface area contributed by atoms with E-state index >= 15 is 0 Å². The molecule has 3 rings (SSSR count). The summed E-state index contributed by atoms with van der Waals surface area (Å²) < 4.78 is 40.6. The molecule has 9 heteroatoms. The van der Waals surface area contributed by atoms with Crippen molar-refractivity contribution in [3.63, 3.8) is 0 Å². The number of rotatable bonds is 4. The van der Waals surface area contributed by atoms with Gasteiger partial charge in [-0.3, -0.25) is 0 Å². The highest BCUT2D eigenvalue weighted by Crippen LogP contribution is 2.32. The van der Waals surface area contributed by atoms with E-state index in [1.807, 2.05) is 6.07 Å². The smallest absolute Gasteiger partial charge is 0.351 e. The highest BCUT2D eigenvalue weighted by molar-refractivity contribution is 14.1. The molecule has 1 aliphatic rings. The summed E-state index contributed by atoms with van der Waals surface area (Å²) in [6.07, 6.45) is 0.522. The van der Waals surface area contributed by atoms with Crippen molar-refractivity contribution < 1.29 is 13.2 Å². The van der Waals surface area contributed by atoms with Crippen molar-refractivity contribution in [1.82, 2.24) is 9.97 Å². The zero-order valence-corrected chi connectivity index (χ0v) is 16.6. The maximum atomic E-state index is 13.2. The molecule has 1 aromatic heterocycles. The van der Waals surface area contributed by atoms with Crippen LogP contribution in [0.4, 0.5) is 30.6 Å². The molecule has 0 unspecified atom stereocenters. The number of hydrogen-bond acceptors (Lipinski definition) is 4. The molecule has 0 spiro atoms. The van der Waals surface area contributed by atoms with E-state index in [0.29, 0.717) is 10.7 Å². The second kappa shape index (κ2) is 8.16. The zero-order valence-electron chi connectivity index (χ0n) is 13.7. The number of nitrogens with one attached hydrogen (secondary N) is 2. The summed E-state index contributed by atoms with van der Waals surface area (Å²) in [5, 5.41) is 6.32. The van der Waals surface area contributed by atoms with E-state index < -0.39 is 11.9 Å². The summed E-state index contributed by atoms with van der Waals surface area (Å²) in [6, 6.07) is 6.22. The Morgan fingerprint density at radius 3 is 2.46 bits per heavy atom. The zero-order chi connectivity index (χ0) is 18.7. The number of nitrogens with zero attached hydrogens (tertiary/aromatic N) is 2. The van der Waals surface area contributed by atoms with Crippen molar-refractivity contribution >= 4 is 51.6 Å². The molecule has 2 aromatic rings. The molecule has 26 heavy (non-hydrogen) atoms. The number of halogens is 5. The van der Waals surface area contributed by atoms with E-state index in [0.717, 1.165) is 41.7 Å². The van der Waals surface area contributed by atoms with Gasteiger partial charge in [-0.15, -0.1) is 0 Å². The first-order valence-corrected chi connectivity index (χ1v) is 9.72. The van der Waals surface area contributed by atoms with Crippen LogP contribution in [0.5, 0.6) is 0 Å². The number of aromatic nitrogens is 2. The molecule has 1 aromatic carbocycles. The lowest BCUT2D eigenvalue weighted by Crippen LogP contribution is -2.24. The predicted octanol–water partition coefficient (Wildman–Crippen LogP) is 6.24. The lowest BCUT2D eigenvalue weighted by atomic mass is 9.96. The van der Waals surface area contributed by atoms with E-state index in [-0.39, 0.29) is 17.8 Å². The predicted molar refractivity (Wildman–Crippen MR) is 105 cm³/mol. The number of hydrogen-bond donors (Lipinski definition) is 2. The quantitative estimate of drug-likeness (QED) is 0.492. The molecule has 0 amide bonds. The molecule has 0 bridgehead atoms. The number of alkyl halides is 3. The van der Waals surface area contributed by atoms with E-state index in [4.69, 9.17) is 11.6 Å². The van der Waals surface area contributed by atoms with E-state index in [2.05, 4.69) is 43.2 Å². The van der Waals surface area contributed by atoms with Crippen molar-refractivity contribution in [2.24, 2.45) is 0 Å². The van der Waals surface area contributed by atoms with Gasteiger partial charge in [-0.05, 0) is 53.6 Å². The SMILES string of the molecule is FC(F)(F)c1cc(Nc2ccc(I)cc2Cl)nc(NC2CCCCC2)n1. The van der Waals surface area contributed by atoms with Crippen LogP contribution in [0.25, 0.3) is 0 Å². The molecule has 2 N–H and O–H groups in total. The lowest BCUT2D eigenvalue weighted by molar-refractivity contribution is -0.141. The molecule has 140 valence electrons. The fraction of sp³-hybridized carbons (Fsp3) is 0.412. The van der Waals surface area contributed by atoms with E-state index in [1.54, 1.807) is 12.1 Å². The van der Waals surface area contributed by atoms with Crippen LogP contribution in [0.2, 0.25) is 5.02 Å². The Labute approximate surface area is 168 Å². The summed E-state index contributed by atoms with van der Waals surface area (Å²) >= 11 is 8.26. The fourth-order valence-corrected chi connectivity index (χ4v) is 3.78. The Kier molecular flexibility index (Phi) is 6.11. The number of benzene rings is 1. The van der Waals surface area contributed by atoms with Crippen LogP contribution in [0.1, 0.15) is 37.8 Å². The van der Waals surface area contributed by atoms with Crippen LogP contribution in [-0.4, -0.2) is 16.0 Å². The summed E-state index contributed by atoms with van der Waals surface area (Å²) in [5.41, 5.74) is -0.502. The summed E-state index contributed by atoms with van der Waals surface area (Å²) in [5.74, 6) is 0.0320. The number of anilines is 3. The van der Waals surface area contributed by atoms with Crippen molar-refractivity contribution in [2.75, 3.05) is 10.6 Å². The molecule has 1 fully saturated rings. The first-order chi connectivity index (χ1) is 12.3. The van der Waals surface area contributed by atoms with Crippen molar-refractivity contribution in [3.05, 3.63) is 38.6 Å². The average Bonchev–Trinajstić information content (AvgIpc) is 2.57. The third-order valence-electron chi connectivity index (χ3n) is 4.15. The Hall–Kier alpha value is -1.29. The maximum Gasteiger partial charge on any atom is 0.433 e. The molecule has 1 heterocycles. The van der Waals surface area contributed by atoms with Crippen LogP contribution in [-0.2, 0) is 6.18 Å². The van der Waals surface area contributed by atoms with Crippen molar-refractivity contribution in [3.8, 4) is 0 Å². The fourth-order valence-electron chi connectivity index (χ4n) is 2.88. The third kappa shape index (κ3) is 5.12. The van der Waals surface area contributed by atoms with Gasteiger partial charge in [-0.2, -0.15) is 18.2 Å². The molecule has 0 radical (unpaired) electrons. The van der Waals surface area contributed by atoms with E-state index in [9.17, 15) is 13.2 Å². The second-order valence-electron chi connectivity index (χ2n) is 6.19. The summed E-state index contributed by atoms with van der Waals surface area (Å²) in [6.45, 7) is 0. The molecule has 0 saturated heterocycles. The van der Waals surface area contributed by atoms with Gasteiger partial charge in [0.1, 0.15) is 5.82 Å². The minimum Gasteiger partial charge on any atom is -0.351 e. The largest absolute Gasteiger partial charge is 0.433 e.